The largest absolute Gasteiger partial charge is 0.484 e. The molecule has 0 spiro atoms. The number of halogens is 1. The van der Waals surface area contributed by atoms with Crippen LogP contribution in [0.4, 0.5) is 4.39 Å². The molecule has 0 aliphatic carbocycles. The monoisotopic (exact) mass is 328 g/mol. The van der Waals surface area contributed by atoms with Gasteiger partial charge in [-0.2, -0.15) is 5.10 Å². The van der Waals surface area contributed by atoms with Crippen molar-refractivity contribution in [2.24, 2.45) is 5.10 Å². The fourth-order valence-corrected chi connectivity index (χ4v) is 2.00. The Morgan fingerprint density at radius 3 is 2.54 bits per heavy atom. The van der Waals surface area contributed by atoms with Crippen molar-refractivity contribution in [3.63, 3.8) is 0 Å². The minimum absolute atomic E-state index is 0.0710. The first-order valence-electron chi connectivity index (χ1n) is 7.65. The highest BCUT2D eigenvalue weighted by molar-refractivity contribution is 5.82. The highest BCUT2D eigenvalue weighted by Gasteiger charge is 2.13. The van der Waals surface area contributed by atoms with Gasteiger partial charge in [-0.3, -0.25) is 4.79 Å². The lowest BCUT2D eigenvalue weighted by molar-refractivity contribution is -0.123. The van der Waals surface area contributed by atoms with Gasteiger partial charge in [0.25, 0.3) is 5.91 Å². The van der Waals surface area contributed by atoms with Crippen molar-refractivity contribution in [1.29, 1.82) is 0 Å². The second-order valence-electron chi connectivity index (χ2n) is 6.41. The summed E-state index contributed by atoms with van der Waals surface area (Å²) in [6.45, 7) is 6.25. The number of hydrogen-bond donors (Lipinski definition) is 1. The lowest BCUT2D eigenvalue weighted by Crippen LogP contribution is -2.24. The van der Waals surface area contributed by atoms with Crippen LogP contribution in [-0.4, -0.2) is 18.7 Å². The fraction of sp³-hybridized carbons (Fsp3) is 0.263. The Labute approximate surface area is 141 Å². The maximum Gasteiger partial charge on any atom is 0.277 e. The number of amides is 1. The average molecular weight is 328 g/mol. The summed E-state index contributed by atoms with van der Waals surface area (Å²) in [6, 6.07) is 13.6. The third kappa shape index (κ3) is 5.50. The van der Waals surface area contributed by atoms with Gasteiger partial charge in [-0.25, -0.2) is 9.82 Å². The van der Waals surface area contributed by atoms with Gasteiger partial charge in [0.15, 0.2) is 6.61 Å². The topological polar surface area (TPSA) is 50.7 Å². The molecule has 0 radical (unpaired) electrons. The summed E-state index contributed by atoms with van der Waals surface area (Å²) in [6.07, 6.45) is 1.37. The van der Waals surface area contributed by atoms with Crippen LogP contribution in [0.1, 0.15) is 31.9 Å². The van der Waals surface area contributed by atoms with Gasteiger partial charge in [0.2, 0.25) is 0 Å². The summed E-state index contributed by atoms with van der Waals surface area (Å²) >= 11 is 0. The van der Waals surface area contributed by atoms with E-state index in [1.54, 1.807) is 12.1 Å². The number of benzene rings is 2. The molecule has 0 unspecified atom stereocenters. The standard InChI is InChI=1S/C19H21FN2O2/c1-19(2,3)15-7-9-17(10-8-15)24-13-18(23)22-21-12-14-5-4-6-16(20)11-14/h4-12H,13H2,1-3H3,(H,22,23)/b21-12+. The van der Waals surface area contributed by atoms with E-state index in [1.165, 1.54) is 23.9 Å². The van der Waals surface area contributed by atoms with Gasteiger partial charge in [-0.1, -0.05) is 45.0 Å². The molecule has 24 heavy (non-hydrogen) atoms. The van der Waals surface area contributed by atoms with E-state index < -0.39 is 0 Å². The van der Waals surface area contributed by atoms with Crippen molar-refractivity contribution in [3.8, 4) is 5.75 Å². The van der Waals surface area contributed by atoms with Crippen LogP contribution in [0.3, 0.4) is 0 Å². The molecule has 4 nitrogen and oxygen atoms in total. The predicted molar refractivity (Wildman–Crippen MR) is 92.8 cm³/mol. The van der Waals surface area contributed by atoms with E-state index in [1.807, 2.05) is 24.3 Å². The van der Waals surface area contributed by atoms with Crippen molar-refractivity contribution in [1.82, 2.24) is 5.43 Å². The van der Waals surface area contributed by atoms with Gasteiger partial charge in [0.05, 0.1) is 6.21 Å². The Morgan fingerprint density at radius 1 is 1.21 bits per heavy atom. The molecule has 1 N–H and O–H groups in total. The predicted octanol–water partition coefficient (Wildman–Crippen LogP) is 3.65. The number of nitrogens with one attached hydrogen (secondary N) is 1. The third-order valence-corrected chi connectivity index (χ3v) is 3.34. The summed E-state index contributed by atoms with van der Waals surface area (Å²) in [5, 5.41) is 3.77. The van der Waals surface area contributed by atoms with Gasteiger partial charge < -0.3 is 4.74 Å². The molecule has 2 rings (SSSR count). The molecular weight excluding hydrogens is 307 g/mol. The number of carbonyl (C=O) groups excluding carboxylic acids is 1. The van der Waals surface area contributed by atoms with Crippen LogP contribution >= 0.6 is 0 Å². The number of nitrogens with zero attached hydrogens (tertiary/aromatic N) is 1. The van der Waals surface area contributed by atoms with Crippen molar-refractivity contribution in [3.05, 3.63) is 65.5 Å². The molecule has 0 aliphatic heterocycles. The molecule has 5 heteroatoms. The average Bonchev–Trinajstić information content (AvgIpc) is 2.52. The van der Waals surface area contributed by atoms with Gasteiger partial charge in [-0.05, 0) is 40.8 Å². The van der Waals surface area contributed by atoms with E-state index >= 15 is 0 Å². The molecule has 0 bridgehead atoms. The van der Waals surface area contributed by atoms with Crippen LogP contribution in [0.25, 0.3) is 0 Å². The van der Waals surface area contributed by atoms with Crippen LogP contribution in [0, 0.1) is 5.82 Å². The molecule has 0 saturated carbocycles. The minimum Gasteiger partial charge on any atom is -0.484 e. The second kappa shape index (κ2) is 7.73. The molecule has 0 atom stereocenters. The van der Waals surface area contributed by atoms with Gasteiger partial charge >= 0.3 is 0 Å². The quantitative estimate of drug-likeness (QED) is 0.673. The lowest BCUT2D eigenvalue weighted by Gasteiger charge is -2.19. The molecule has 0 saturated heterocycles. The maximum absolute atomic E-state index is 13.0. The Kier molecular flexibility index (Phi) is 5.68. The first-order valence-corrected chi connectivity index (χ1v) is 7.65. The van der Waals surface area contributed by atoms with Crippen LogP contribution < -0.4 is 10.2 Å². The summed E-state index contributed by atoms with van der Waals surface area (Å²) in [7, 11) is 0. The lowest BCUT2D eigenvalue weighted by atomic mass is 9.87. The van der Waals surface area contributed by atoms with Gasteiger partial charge in [0.1, 0.15) is 11.6 Å². The highest BCUT2D eigenvalue weighted by atomic mass is 19.1. The maximum atomic E-state index is 13.0. The normalized spacial score (nSPS) is 11.5. The number of ether oxygens (including phenoxy) is 1. The summed E-state index contributed by atoms with van der Waals surface area (Å²) < 4.78 is 18.4. The van der Waals surface area contributed by atoms with Crippen molar-refractivity contribution in [2.45, 2.75) is 26.2 Å². The Morgan fingerprint density at radius 2 is 1.92 bits per heavy atom. The van der Waals surface area contributed by atoms with Crippen LogP contribution in [-0.2, 0) is 10.2 Å². The molecule has 1 amide bonds. The van der Waals surface area contributed by atoms with Gasteiger partial charge in [-0.15, -0.1) is 0 Å². The molecule has 0 heterocycles. The van der Waals surface area contributed by atoms with E-state index in [9.17, 15) is 9.18 Å². The van der Waals surface area contributed by atoms with Crippen molar-refractivity contribution >= 4 is 12.1 Å². The molecule has 0 aliphatic rings. The van der Waals surface area contributed by atoms with Gasteiger partial charge in [0, 0.05) is 0 Å². The van der Waals surface area contributed by atoms with E-state index in [-0.39, 0.29) is 23.7 Å². The number of hydrogen-bond acceptors (Lipinski definition) is 3. The summed E-state index contributed by atoms with van der Waals surface area (Å²) in [4.78, 5) is 11.7. The van der Waals surface area contributed by atoms with E-state index in [4.69, 9.17) is 4.74 Å². The van der Waals surface area contributed by atoms with Crippen LogP contribution in [0.5, 0.6) is 5.75 Å². The highest BCUT2D eigenvalue weighted by Crippen LogP contribution is 2.24. The van der Waals surface area contributed by atoms with Crippen molar-refractivity contribution < 1.29 is 13.9 Å². The van der Waals surface area contributed by atoms with Crippen molar-refractivity contribution in [2.75, 3.05) is 6.61 Å². The zero-order valence-electron chi connectivity index (χ0n) is 14.0. The zero-order chi connectivity index (χ0) is 17.6. The van der Waals surface area contributed by atoms with Crippen LogP contribution in [0.15, 0.2) is 53.6 Å². The summed E-state index contributed by atoms with van der Waals surface area (Å²) in [5.41, 5.74) is 4.17. The molecule has 0 aromatic heterocycles. The number of rotatable bonds is 5. The summed E-state index contributed by atoms with van der Waals surface area (Å²) in [5.74, 6) is -0.123. The molecule has 2 aromatic carbocycles. The molecular formula is C19H21FN2O2. The van der Waals surface area contributed by atoms with E-state index in [0.717, 1.165) is 0 Å². The Hall–Kier alpha value is -2.69. The third-order valence-electron chi connectivity index (χ3n) is 3.34. The number of carbonyl (C=O) groups is 1. The van der Waals surface area contributed by atoms with Crippen LogP contribution in [0.2, 0.25) is 0 Å². The van der Waals surface area contributed by atoms with E-state index in [0.29, 0.717) is 11.3 Å². The minimum atomic E-state index is -0.387. The Balaban J connectivity index is 1.81. The zero-order valence-corrected chi connectivity index (χ0v) is 14.0. The molecule has 2 aromatic rings. The van der Waals surface area contributed by atoms with E-state index in [2.05, 4.69) is 31.3 Å². The first kappa shape index (κ1) is 17.7. The molecule has 126 valence electrons. The second-order valence-corrected chi connectivity index (χ2v) is 6.41. The fourth-order valence-electron chi connectivity index (χ4n) is 2.00. The molecule has 0 fully saturated rings. The smallest absolute Gasteiger partial charge is 0.277 e. The Bertz CT molecular complexity index is 719. The SMILES string of the molecule is CC(C)(C)c1ccc(OCC(=O)N/N=C/c2cccc(F)c2)cc1. The number of hydrazone groups is 1. The first-order chi connectivity index (χ1) is 11.3.